The molecule has 0 bridgehead atoms. The van der Waals surface area contributed by atoms with E-state index in [2.05, 4.69) is 14.9 Å². The summed E-state index contributed by atoms with van der Waals surface area (Å²) in [5.41, 5.74) is -0.584. The molecule has 6 nitrogen and oxygen atoms in total. The summed E-state index contributed by atoms with van der Waals surface area (Å²) in [5, 5.41) is 2.40. The molecule has 0 rings (SSSR count). The highest BCUT2D eigenvalue weighted by atomic mass is 35.5. The third-order valence-corrected chi connectivity index (χ3v) is 1.73. The first kappa shape index (κ1) is 15.0. The third-order valence-electron chi connectivity index (χ3n) is 1.47. The van der Waals surface area contributed by atoms with Crippen LogP contribution in [0.1, 0.15) is 20.8 Å². The third kappa shape index (κ3) is 6.47. The van der Waals surface area contributed by atoms with Gasteiger partial charge in [-0.2, -0.15) is 0 Å². The Balaban J connectivity index is 4.03. The number of hydrogen-bond donors (Lipinski definition) is 2. The van der Waals surface area contributed by atoms with E-state index in [0.29, 0.717) is 0 Å². The van der Waals surface area contributed by atoms with Crippen molar-refractivity contribution in [3.05, 3.63) is 0 Å². The molecular weight excluding hydrogens is 236 g/mol. The fraction of sp³-hybridized carbons (Fsp3) is 0.778. The van der Waals surface area contributed by atoms with Crippen molar-refractivity contribution in [2.24, 2.45) is 0 Å². The van der Waals surface area contributed by atoms with Crippen molar-refractivity contribution in [1.82, 2.24) is 10.2 Å². The fourth-order valence-electron chi connectivity index (χ4n) is 0.808. The van der Waals surface area contributed by atoms with Crippen molar-refractivity contribution in [3.63, 3.8) is 0 Å². The highest BCUT2D eigenvalue weighted by Gasteiger charge is 2.21. The molecule has 0 aliphatic carbocycles. The van der Waals surface area contributed by atoms with E-state index in [1.165, 1.54) is 7.11 Å². The van der Waals surface area contributed by atoms with Gasteiger partial charge in [0.2, 0.25) is 0 Å². The first-order valence-electron chi connectivity index (χ1n) is 4.71. The lowest BCUT2D eigenvalue weighted by Crippen LogP contribution is -2.44. The van der Waals surface area contributed by atoms with Crippen molar-refractivity contribution >= 4 is 23.8 Å². The van der Waals surface area contributed by atoms with E-state index in [1.54, 1.807) is 20.8 Å². The molecule has 1 amide bonds. The van der Waals surface area contributed by atoms with Gasteiger partial charge < -0.3 is 14.8 Å². The van der Waals surface area contributed by atoms with Crippen LogP contribution in [0.25, 0.3) is 0 Å². The highest BCUT2D eigenvalue weighted by Crippen LogP contribution is 2.06. The van der Waals surface area contributed by atoms with E-state index in [1.807, 2.05) is 0 Å². The van der Waals surface area contributed by atoms with E-state index >= 15 is 0 Å². The summed E-state index contributed by atoms with van der Waals surface area (Å²) in [5.74, 6) is -0.564. The summed E-state index contributed by atoms with van der Waals surface area (Å²) < 4.78 is 9.43. The van der Waals surface area contributed by atoms with Gasteiger partial charge in [-0.1, -0.05) is 0 Å². The number of carbonyl (C=O) groups is 2. The van der Waals surface area contributed by atoms with Crippen molar-refractivity contribution < 1.29 is 19.1 Å². The molecule has 0 aliphatic rings. The molecule has 0 radical (unpaired) electrons. The molecule has 0 aromatic rings. The number of alkyl carbamates (subject to hydrolysis) is 1. The van der Waals surface area contributed by atoms with Gasteiger partial charge in [-0.3, -0.25) is 4.79 Å². The average Bonchev–Trinajstić information content (AvgIpc) is 2.15. The molecule has 0 saturated carbocycles. The highest BCUT2D eigenvalue weighted by molar-refractivity contribution is 6.14. The maximum Gasteiger partial charge on any atom is 0.407 e. The zero-order valence-electron chi connectivity index (χ0n) is 9.80. The molecule has 0 heterocycles. The van der Waals surface area contributed by atoms with Crippen LogP contribution in [0.15, 0.2) is 0 Å². The smallest absolute Gasteiger partial charge is 0.407 e. The second-order valence-corrected chi connectivity index (χ2v) is 4.29. The number of halogens is 1. The van der Waals surface area contributed by atoms with Gasteiger partial charge in [-0.25, -0.2) is 9.63 Å². The Bertz CT molecular complexity index is 252. The molecule has 94 valence electrons. The van der Waals surface area contributed by atoms with Crippen LogP contribution in [0.3, 0.4) is 0 Å². The van der Waals surface area contributed by atoms with E-state index in [9.17, 15) is 9.59 Å². The molecule has 0 aromatic carbocycles. The summed E-state index contributed by atoms with van der Waals surface area (Å²) in [6, 6.07) is -0.806. The lowest BCUT2D eigenvalue weighted by atomic mass is 10.2. The zero-order chi connectivity index (χ0) is 12.8. The Kier molecular flexibility index (Phi) is 6.13. The van der Waals surface area contributed by atoms with Gasteiger partial charge in [0.15, 0.2) is 0 Å². The quantitative estimate of drug-likeness (QED) is 0.572. The van der Waals surface area contributed by atoms with E-state index in [0.717, 1.165) is 0 Å². The Morgan fingerprint density at radius 3 is 2.31 bits per heavy atom. The molecule has 0 aromatic heterocycles. The second kappa shape index (κ2) is 6.55. The van der Waals surface area contributed by atoms with Gasteiger partial charge in [0.25, 0.3) is 0 Å². The van der Waals surface area contributed by atoms with Crippen LogP contribution in [-0.2, 0) is 14.3 Å². The van der Waals surface area contributed by atoms with Gasteiger partial charge in [0, 0.05) is 6.54 Å². The fourth-order valence-corrected chi connectivity index (χ4v) is 0.975. The molecule has 7 heteroatoms. The van der Waals surface area contributed by atoms with Crippen LogP contribution in [0.2, 0.25) is 0 Å². The van der Waals surface area contributed by atoms with E-state index in [4.69, 9.17) is 16.5 Å². The number of methoxy groups -OCH3 is 1. The molecular formula is C9H17ClN2O4. The SMILES string of the molecule is COC(=O)[C@H](CNC(=O)OC(C)(C)C)NCl. The summed E-state index contributed by atoms with van der Waals surface area (Å²) in [7, 11) is 1.23. The number of esters is 1. The number of rotatable bonds is 4. The van der Waals surface area contributed by atoms with E-state index in [-0.39, 0.29) is 6.54 Å². The summed E-state index contributed by atoms with van der Waals surface area (Å²) in [6.45, 7) is 5.21. The minimum absolute atomic E-state index is 0.00884. The summed E-state index contributed by atoms with van der Waals surface area (Å²) in [6.07, 6.45) is -0.617. The molecule has 2 N–H and O–H groups in total. The minimum atomic E-state index is -0.806. The predicted octanol–water partition coefficient (Wildman–Crippen LogP) is 0.796. The number of ether oxygens (including phenoxy) is 2. The maximum absolute atomic E-state index is 11.2. The van der Waals surface area contributed by atoms with Crippen LogP contribution < -0.4 is 10.2 Å². The van der Waals surface area contributed by atoms with Crippen molar-refractivity contribution in [3.8, 4) is 0 Å². The first-order chi connectivity index (χ1) is 7.30. The van der Waals surface area contributed by atoms with Crippen molar-refractivity contribution in [1.29, 1.82) is 0 Å². The molecule has 0 saturated heterocycles. The van der Waals surface area contributed by atoms with Crippen molar-refractivity contribution in [2.45, 2.75) is 32.4 Å². The van der Waals surface area contributed by atoms with Crippen molar-refractivity contribution in [2.75, 3.05) is 13.7 Å². The lowest BCUT2D eigenvalue weighted by molar-refractivity contribution is -0.142. The largest absolute Gasteiger partial charge is 0.468 e. The monoisotopic (exact) mass is 252 g/mol. The number of amides is 1. The van der Waals surface area contributed by atoms with Crippen LogP contribution in [0.4, 0.5) is 4.79 Å². The zero-order valence-corrected chi connectivity index (χ0v) is 10.6. The van der Waals surface area contributed by atoms with Gasteiger partial charge >= 0.3 is 12.1 Å². The van der Waals surface area contributed by atoms with Crippen LogP contribution in [0.5, 0.6) is 0 Å². The van der Waals surface area contributed by atoms with Gasteiger partial charge in [0.1, 0.15) is 11.6 Å². The van der Waals surface area contributed by atoms with Crippen LogP contribution >= 0.6 is 11.8 Å². The number of carbonyl (C=O) groups excluding carboxylic acids is 2. The summed E-state index contributed by atoms with van der Waals surface area (Å²) >= 11 is 5.31. The Labute approximate surface area is 99.7 Å². The molecule has 1 atom stereocenters. The van der Waals surface area contributed by atoms with Gasteiger partial charge in [0.05, 0.1) is 7.11 Å². The van der Waals surface area contributed by atoms with Gasteiger partial charge in [-0.05, 0) is 32.5 Å². The molecule has 0 fully saturated rings. The number of hydrogen-bond acceptors (Lipinski definition) is 5. The number of nitrogens with one attached hydrogen (secondary N) is 2. The van der Waals surface area contributed by atoms with Crippen LogP contribution in [-0.4, -0.2) is 37.4 Å². The minimum Gasteiger partial charge on any atom is -0.468 e. The predicted molar refractivity (Wildman–Crippen MR) is 59.0 cm³/mol. The standard InChI is InChI=1S/C9H17ClN2O4/c1-9(2,3)16-8(14)11-5-6(12-10)7(13)15-4/h6,12H,5H2,1-4H3,(H,11,14)/t6-/m0/s1. The lowest BCUT2D eigenvalue weighted by Gasteiger charge is -2.20. The maximum atomic E-state index is 11.2. The molecule has 0 unspecified atom stereocenters. The Morgan fingerprint density at radius 2 is 1.94 bits per heavy atom. The average molecular weight is 253 g/mol. The van der Waals surface area contributed by atoms with E-state index < -0.39 is 23.7 Å². The Morgan fingerprint density at radius 1 is 1.38 bits per heavy atom. The Hall–Kier alpha value is -1.01. The topological polar surface area (TPSA) is 76.7 Å². The normalized spacial score (nSPS) is 12.8. The van der Waals surface area contributed by atoms with Crippen LogP contribution in [0, 0.1) is 0 Å². The second-order valence-electron chi connectivity index (χ2n) is 4.07. The molecule has 0 spiro atoms. The first-order valence-corrected chi connectivity index (χ1v) is 5.08. The molecule has 16 heavy (non-hydrogen) atoms. The summed E-state index contributed by atoms with van der Waals surface area (Å²) in [4.78, 5) is 24.5. The van der Waals surface area contributed by atoms with Gasteiger partial charge in [-0.15, -0.1) is 0 Å². The molecule has 0 aliphatic heterocycles.